The predicted octanol–water partition coefficient (Wildman–Crippen LogP) is 2.06. The van der Waals surface area contributed by atoms with E-state index in [2.05, 4.69) is 0 Å². The first-order valence-electron chi connectivity index (χ1n) is 4.09. The maximum Gasteiger partial charge on any atom is 0.310 e. The van der Waals surface area contributed by atoms with Gasteiger partial charge in [0.15, 0.2) is 0 Å². The van der Waals surface area contributed by atoms with Gasteiger partial charge in [-0.25, -0.2) is 0 Å². The number of hydrogen-bond donors (Lipinski definition) is 1. The lowest BCUT2D eigenvalue weighted by Crippen LogP contribution is -2.11. The van der Waals surface area contributed by atoms with E-state index in [-0.39, 0.29) is 5.92 Å². The van der Waals surface area contributed by atoms with Gasteiger partial charge in [0.25, 0.3) is 0 Å². The summed E-state index contributed by atoms with van der Waals surface area (Å²) in [5.74, 6) is -0.241. The third-order valence-corrected chi connectivity index (χ3v) is 2.03. The summed E-state index contributed by atoms with van der Waals surface area (Å²) in [6, 6.07) is 0. The lowest BCUT2D eigenvalue weighted by atomic mass is 10.0. The Bertz CT molecular complexity index is 168. The zero-order chi connectivity index (χ0) is 8.27. The fourth-order valence-electron chi connectivity index (χ4n) is 1.21. The second kappa shape index (κ2) is 3.56. The largest absolute Gasteiger partial charge is 0.481 e. The zero-order valence-corrected chi connectivity index (χ0v) is 6.79. The van der Waals surface area contributed by atoms with E-state index in [1.54, 1.807) is 6.08 Å². The van der Waals surface area contributed by atoms with Crippen LogP contribution in [0.5, 0.6) is 0 Å². The van der Waals surface area contributed by atoms with Crippen molar-refractivity contribution in [3.05, 3.63) is 12.2 Å². The van der Waals surface area contributed by atoms with Gasteiger partial charge in [-0.2, -0.15) is 0 Å². The first-order valence-corrected chi connectivity index (χ1v) is 4.09. The van der Waals surface area contributed by atoms with Crippen LogP contribution in [0.1, 0.15) is 26.2 Å². The number of hydrogen-bond acceptors (Lipinski definition) is 1. The Labute approximate surface area is 66.9 Å². The smallest absolute Gasteiger partial charge is 0.310 e. The van der Waals surface area contributed by atoms with E-state index in [1.165, 1.54) is 12.8 Å². The highest BCUT2D eigenvalue weighted by molar-refractivity contribution is 5.72. The van der Waals surface area contributed by atoms with Gasteiger partial charge in [-0.15, -0.1) is 0 Å². The SMILES string of the molecule is C/C=C/C(CC1CC1)C(=O)O. The Morgan fingerprint density at radius 2 is 2.36 bits per heavy atom. The van der Waals surface area contributed by atoms with Crippen LogP contribution in [0.3, 0.4) is 0 Å². The Balaban J connectivity index is 2.37. The maximum absolute atomic E-state index is 10.6. The summed E-state index contributed by atoms with van der Waals surface area (Å²) >= 11 is 0. The summed E-state index contributed by atoms with van der Waals surface area (Å²) in [6.07, 6.45) is 6.88. The van der Waals surface area contributed by atoms with Gasteiger partial charge in [-0.1, -0.05) is 25.0 Å². The van der Waals surface area contributed by atoms with Gasteiger partial charge in [-0.3, -0.25) is 4.79 Å². The van der Waals surface area contributed by atoms with Crippen LogP contribution in [0.4, 0.5) is 0 Å². The molecular weight excluding hydrogens is 140 g/mol. The molecule has 62 valence electrons. The van der Waals surface area contributed by atoms with Gasteiger partial charge in [0.1, 0.15) is 0 Å². The third-order valence-electron chi connectivity index (χ3n) is 2.03. The molecule has 1 N–H and O–H groups in total. The summed E-state index contributed by atoms with van der Waals surface area (Å²) in [7, 11) is 0. The molecule has 1 aliphatic carbocycles. The molecule has 0 aliphatic heterocycles. The summed E-state index contributed by atoms with van der Waals surface area (Å²) in [4.78, 5) is 10.6. The highest BCUT2D eigenvalue weighted by Gasteiger charge is 2.27. The summed E-state index contributed by atoms with van der Waals surface area (Å²) < 4.78 is 0. The monoisotopic (exact) mass is 154 g/mol. The van der Waals surface area contributed by atoms with Crippen molar-refractivity contribution in [2.75, 3.05) is 0 Å². The van der Waals surface area contributed by atoms with Crippen LogP contribution >= 0.6 is 0 Å². The summed E-state index contributed by atoms with van der Waals surface area (Å²) in [6.45, 7) is 1.86. The van der Waals surface area contributed by atoms with Gasteiger partial charge in [0.2, 0.25) is 0 Å². The molecule has 0 saturated heterocycles. The lowest BCUT2D eigenvalue weighted by molar-refractivity contribution is -0.140. The average Bonchev–Trinajstić information content (AvgIpc) is 2.70. The summed E-state index contributed by atoms with van der Waals surface area (Å²) in [5.41, 5.74) is 0. The second-order valence-corrected chi connectivity index (χ2v) is 3.15. The number of aliphatic carboxylic acids is 1. The van der Waals surface area contributed by atoms with Gasteiger partial charge in [0, 0.05) is 0 Å². The Morgan fingerprint density at radius 3 is 2.73 bits per heavy atom. The van der Waals surface area contributed by atoms with E-state index in [4.69, 9.17) is 5.11 Å². The van der Waals surface area contributed by atoms with Crippen LogP contribution < -0.4 is 0 Å². The fourth-order valence-corrected chi connectivity index (χ4v) is 1.21. The normalized spacial score (nSPS) is 20.5. The summed E-state index contributed by atoms with van der Waals surface area (Å²) in [5, 5.41) is 8.73. The van der Waals surface area contributed by atoms with Crippen LogP contribution in [-0.4, -0.2) is 11.1 Å². The molecule has 2 heteroatoms. The van der Waals surface area contributed by atoms with Crippen LogP contribution in [0.2, 0.25) is 0 Å². The first-order chi connectivity index (χ1) is 5.24. The highest BCUT2D eigenvalue weighted by Crippen LogP contribution is 2.35. The molecule has 0 amide bonds. The highest BCUT2D eigenvalue weighted by atomic mass is 16.4. The molecule has 0 radical (unpaired) electrons. The zero-order valence-electron chi connectivity index (χ0n) is 6.79. The third kappa shape index (κ3) is 2.74. The van der Waals surface area contributed by atoms with Crippen molar-refractivity contribution in [3.63, 3.8) is 0 Å². The van der Waals surface area contributed by atoms with Gasteiger partial charge in [0.05, 0.1) is 5.92 Å². The predicted molar refractivity (Wildman–Crippen MR) is 43.3 cm³/mol. The van der Waals surface area contributed by atoms with E-state index < -0.39 is 5.97 Å². The molecule has 11 heavy (non-hydrogen) atoms. The van der Waals surface area contributed by atoms with E-state index in [9.17, 15) is 4.79 Å². The molecule has 0 aromatic rings. The van der Waals surface area contributed by atoms with Crippen LogP contribution in [0, 0.1) is 11.8 Å². The average molecular weight is 154 g/mol. The van der Waals surface area contributed by atoms with Gasteiger partial charge in [-0.05, 0) is 19.3 Å². The minimum atomic E-state index is -0.685. The van der Waals surface area contributed by atoms with Crippen molar-refractivity contribution in [3.8, 4) is 0 Å². The van der Waals surface area contributed by atoms with Crippen molar-refractivity contribution < 1.29 is 9.90 Å². The lowest BCUT2D eigenvalue weighted by Gasteiger charge is -2.04. The minimum absolute atomic E-state index is 0.243. The first kappa shape index (κ1) is 8.31. The molecule has 1 saturated carbocycles. The maximum atomic E-state index is 10.6. The van der Waals surface area contributed by atoms with E-state index in [1.807, 2.05) is 13.0 Å². The Kier molecular flexibility index (Phi) is 2.69. The van der Waals surface area contributed by atoms with Crippen molar-refractivity contribution in [1.82, 2.24) is 0 Å². The Hall–Kier alpha value is -0.790. The van der Waals surface area contributed by atoms with Crippen molar-refractivity contribution >= 4 is 5.97 Å². The molecule has 0 spiro atoms. The number of carboxylic acid groups (broad SMARTS) is 1. The Morgan fingerprint density at radius 1 is 1.73 bits per heavy atom. The van der Waals surface area contributed by atoms with Crippen molar-refractivity contribution in [2.45, 2.75) is 26.2 Å². The minimum Gasteiger partial charge on any atom is -0.481 e. The molecule has 0 heterocycles. The molecule has 0 aromatic heterocycles. The molecule has 1 unspecified atom stereocenters. The molecular formula is C9H14O2. The number of allylic oxidation sites excluding steroid dienone is 1. The van der Waals surface area contributed by atoms with E-state index in [0.717, 1.165) is 6.42 Å². The van der Waals surface area contributed by atoms with Gasteiger partial charge >= 0.3 is 5.97 Å². The second-order valence-electron chi connectivity index (χ2n) is 3.15. The van der Waals surface area contributed by atoms with Crippen molar-refractivity contribution in [2.24, 2.45) is 11.8 Å². The van der Waals surface area contributed by atoms with Crippen LogP contribution in [-0.2, 0) is 4.79 Å². The van der Waals surface area contributed by atoms with Crippen LogP contribution in [0.25, 0.3) is 0 Å². The fraction of sp³-hybridized carbons (Fsp3) is 0.667. The van der Waals surface area contributed by atoms with E-state index in [0.29, 0.717) is 5.92 Å². The topological polar surface area (TPSA) is 37.3 Å². The van der Waals surface area contributed by atoms with Crippen LogP contribution in [0.15, 0.2) is 12.2 Å². The number of carboxylic acids is 1. The molecule has 1 aliphatic rings. The van der Waals surface area contributed by atoms with E-state index >= 15 is 0 Å². The molecule has 1 fully saturated rings. The number of rotatable bonds is 4. The molecule has 1 rings (SSSR count). The molecule has 1 atom stereocenters. The quantitative estimate of drug-likeness (QED) is 0.629. The molecule has 2 nitrogen and oxygen atoms in total. The standard InChI is InChI=1S/C9H14O2/c1-2-3-8(9(10)11)6-7-4-5-7/h2-3,7-8H,4-6H2,1H3,(H,10,11)/b3-2+. The number of carbonyl (C=O) groups is 1. The molecule has 0 bridgehead atoms. The molecule has 0 aromatic carbocycles. The van der Waals surface area contributed by atoms with Crippen molar-refractivity contribution in [1.29, 1.82) is 0 Å². The van der Waals surface area contributed by atoms with Gasteiger partial charge < -0.3 is 5.11 Å².